The van der Waals surface area contributed by atoms with E-state index in [4.69, 9.17) is 16.3 Å². The van der Waals surface area contributed by atoms with Crippen LogP contribution in [0.4, 0.5) is 33.3 Å². The maximum atomic E-state index is 13.8. The Hall–Kier alpha value is -3.73. The minimum absolute atomic E-state index is 0.187. The third-order valence-corrected chi connectivity index (χ3v) is 4.40. The van der Waals surface area contributed by atoms with Gasteiger partial charge in [0.1, 0.15) is 34.4 Å². The van der Waals surface area contributed by atoms with Gasteiger partial charge in [-0.3, -0.25) is 14.9 Å². The van der Waals surface area contributed by atoms with Crippen molar-refractivity contribution in [2.24, 2.45) is 0 Å². The van der Waals surface area contributed by atoms with Gasteiger partial charge >= 0.3 is 6.18 Å². The van der Waals surface area contributed by atoms with Crippen LogP contribution in [0, 0.1) is 21.7 Å². The van der Waals surface area contributed by atoms with Crippen LogP contribution in [0.25, 0.3) is 0 Å². The van der Waals surface area contributed by atoms with E-state index in [-0.39, 0.29) is 10.8 Å². The second kappa shape index (κ2) is 8.79. The van der Waals surface area contributed by atoms with Gasteiger partial charge in [-0.25, -0.2) is 8.78 Å². The number of carbonyl (C=O) groups excluding carboxylic acids is 1. The summed E-state index contributed by atoms with van der Waals surface area (Å²) in [5.41, 5.74) is -3.17. The Labute approximate surface area is 181 Å². The van der Waals surface area contributed by atoms with Gasteiger partial charge < -0.3 is 10.1 Å². The highest BCUT2D eigenvalue weighted by molar-refractivity contribution is 6.32. The Balaban J connectivity index is 1.92. The van der Waals surface area contributed by atoms with Crippen molar-refractivity contribution in [3.05, 3.63) is 92.5 Å². The number of alkyl halides is 3. The van der Waals surface area contributed by atoms with Gasteiger partial charge in [0.25, 0.3) is 11.6 Å². The van der Waals surface area contributed by atoms with Crippen LogP contribution in [-0.4, -0.2) is 10.8 Å². The van der Waals surface area contributed by atoms with Gasteiger partial charge in [0.15, 0.2) is 0 Å². The molecule has 3 aromatic rings. The number of nitrogens with one attached hydrogen (secondary N) is 1. The molecule has 12 heteroatoms. The van der Waals surface area contributed by atoms with E-state index in [1.807, 2.05) is 5.32 Å². The molecule has 3 aromatic carbocycles. The number of nitro groups is 1. The van der Waals surface area contributed by atoms with E-state index in [2.05, 4.69) is 0 Å². The molecule has 1 N–H and O–H groups in total. The molecule has 0 aliphatic carbocycles. The maximum Gasteiger partial charge on any atom is 0.416 e. The topological polar surface area (TPSA) is 81.5 Å². The largest absolute Gasteiger partial charge is 0.456 e. The number of halogens is 6. The van der Waals surface area contributed by atoms with Crippen LogP contribution in [0.1, 0.15) is 15.9 Å². The van der Waals surface area contributed by atoms with Gasteiger partial charge in [-0.15, -0.1) is 0 Å². The minimum atomic E-state index is -4.68. The normalized spacial score (nSPS) is 11.2. The first-order valence-corrected chi connectivity index (χ1v) is 8.93. The van der Waals surface area contributed by atoms with E-state index in [1.165, 1.54) is 0 Å². The van der Waals surface area contributed by atoms with Crippen molar-refractivity contribution in [3.8, 4) is 11.5 Å². The first-order chi connectivity index (χ1) is 15.0. The Morgan fingerprint density at radius 3 is 2.28 bits per heavy atom. The molecule has 0 atom stereocenters. The molecule has 0 aliphatic heterocycles. The SMILES string of the molecule is O=C(Nc1ccc(Oc2cc(C(F)(F)F)ccc2Cl)cc1[N+](=O)[O-])c1c(F)cccc1F. The summed E-state index contributed by atoms with van der Waals surface area (Å²) in [7, 11) is 0. The van der Waals surface area contributed by atoms with Crippen LogP contribution in [0.15, 0.2) is 54.6 Å². The van der Waals surface area contributed by atoms with Gasteiger partial charge in [0.2, 0.25) is 0 Å². The van der Waals surface area contributed by atoms with Crippen molar-refractivity contribution in [3.63, 3.8) is 0 Å². The molecule has 0 radical (unpaired) electrons. The average Bonchev–Trinajstić information content (AvgIpc) is 2.69. The number of hydrogen-bond acceptors (Lipinski definition) is 4. The van der Waals surface area contributed by atoms with Crippen molar-refractivity contribution in [1.29, 1.82) is 0 Å². The molecule has 166 valence electrons. The second-order valence-electron chi connectivity index (χ2n) is 6.23. The van der Waals surface area contributed by atoms with Crippen molar-refractivity contribution in [1.82, 2.24) is 0 Å². The molecule has 6 nitrogen and oxygen atoms in total. The van der Waals surface area contributed by atoms with Gasteiger partial charge in [-0.1, -0.05) is 17.7 Å². The van der Waals surface area contributed by atoms with Gasteiger partial charge in [-0.2, -0.15) is 13.2 Å². The lowest BCUT2D eigenvalue weighted by Gasteiger charge is -2.13. The second-order valence-corrected chi connectivity index (χ2v) is 6.64. The lowest BCUT2D eigenvalue weighted by Crippen LogP contribution is -2.16. The van der Waals surface area contributed by atoms with Crippen molar-refractivity contribution in [2.75, 3.05) is 5.32 Å². The molecule has 0 aromatic heterocycles. The van der Waals surface area contributed by atoms with Crippen LogP contribution >= 0.6 is 11.6 Å². The predicted octanol–water partition coefficient (Wildman–Crippen LogP) is 6.59. The zero-order valence-corrected chi connectivity index (χ0v) is 16.3. The van der Waals surface area contributed by atoms with E-state index in [1.54, 1.807) is 0 Å². The molecular weight excluding hydrogens is 463 g/mol. The third kappa shape index (κ3) is 4.94. The van der Waals surface area contributed by atoms with Gasteiger partial charge in [0.05, 0.1) is 21.6 Å². The number of anilines is 1. The monoisotopic (exact) mass is 472 g/mol. The smallest absolute Gasteiger partial charge is 0.416 e. The van der Waals surface area contributed by atoms with Crippen LogP contribution < -0.4 is 10.1 Å². The molecule has 0 fully saturated rings. The number of hydrogen-bond donors (Lipinski definition) is 1. The zero-order valence-electron chi connectivity index (χ0n) is 15.5. The first kappa shape index (κ1) is 22.9. The minimum Gasteiger partial charge on any atom is -0.456 e. The Kier molecular flexibility index (Phi) is 6.30. The lowest BCUT2D eigenvalue weighted by atomic mass is 10.1. The fourth-order valence-electron chi connectivity index (χ4n) is 2.62. The van der Waals surface area contributed by atoms with Crippen LogP contribution in [0.3, 0.4) is 0 Å². The molecular formula is C20H10ClF5N2O4. The zero-order chi connectivity index (χ0) is 23.6. The Morgan fingerprint density at radius 2 is 1.69 bits per heavy atom. The molecule has 3 rings (SSSR count). The van der Waals surface area contributed by atoms with Crippen LogP contribution in [0.5, 0.6) is 11.5 Å². The molecule has 0 heterocycles. The van der Waals surface area contributed by atoms with Crippen molar-refractivity contribution in [2.45, 2.75) is 6.18 Å². The summed E-state index contributed by atoms with van der Waals surface area (Å²) in [6.45, 7) is 0. The van der Waals surface area contributed by atoms with Crippen molar-refractivity contribution >= 4 is 28.9 Å². The molecule has 0 aliphatic rings. The Morgan fingerprint density at radius 1 is 1.03 bits per heavy atom. The van der Waals surface area contributed by atoms with Crippen LogP contribution in [0.2, 0.25) is 5.02 Å². The van der Waals surface area contributed by atoms with E-state index in [0.29, 0.717) is 6.07 Å². The quantitative estimate of drug-likeness (QED) is 0.258. The lowest BCUT2D eigenvalue weighted by molar-refractivity contribution is -0.384. The maximum absolute atomic E-state index is 13.8. The molecule has 0 saturated heterocycles. The first-order valence-electron chi connectivity index (χ1n) is 8.56. The third-order valence-electron chi connectivity index (χ3n) is 4.09. The van der Waals surface area contributed by atoms with Gasteiger partial charge in [-0.05, 0) is 42.5 Å². The number of amides is 1. The van der Waals surface area contributed by atoms with E-state index in [9.17, 15) is 36.9 Å². The Bertz CT molecular complexity index is 1200. The summed E-state index contributed by atoms with van der Waals surface area (Å²) >= 11 is 5.84. The number of ether oxygens (including phenoxy) is 1. The molecule has 32 heavy (non-hydrogen) atoms. The number of nitro benzene ring substituents is 1. The molecule has 1 amide bonds. The van der Waals surface area contributed by atoms with E-state index >= 15 is 0 Å². The van der Waals surface area contributed by atoms with E-state index < -0.39 is 56.9 Å². The summed E-state index contributed by atoms with van der Waals surface area (Å²) in [6, 6.07) is 7.90. The predicted molar refractivity (Wildman–Crippen MR) is 104 cm³/mol. The fraction of sp³-hybridized carbons (Fsp3) is 0.0500. The fourth-order valence-corrected chi connectivity index (χ4v) is 2.77. The highest BCUT2D eigenvalue weighted by Gasteiger charge is 2.31. The summed E-state index contributed by atoms with van der Waals surface area (Å²) < 4.78 is 71.5. The van der Waals surface area contributed by atoms with Gasteiger partial charge in [0, 0.05) is 0 Å². The summed E-state index contributed by atoms with van der Waals surface area (Å²) in [5.74, 6) is -4.32. The summed E-state index contributed by atoms with van der Waals surface area (Å²) in [6.07, 6.45) is -4.68. The number of carbonyl (C=O) groups is 1. The molecule has 0 bridgehead atoms. The standard InChI is InChI=1S/C20H10ClF5N2O4/c21-12-6-4-10(20(24,25)26)8-17(12)32-11-5-7-15(16(9-11)28(30)31)27-19(29)18-13(22)2-1-3-14(18)23/h1-9H,(H,27,29). The summed E-state index contributed by atoms with van der Waals surface area (Å²) in [5, 5.41) is 13.2. The number of rotatable bonds is 5. The van der Waals surface area contributed by atoms with Crippen molar-refractivity contribution < 1.29 is 36.4 Å². The molecule has 0 saturated carbocycles. The highest BCUT2D eigenvalue weighted by atomic mass is 35.5. The van der Waals surface area contributed by atoms with Crippen LogP contribution in [-0.2, 0) is 6.18 Å². The summed E-state index contributed by atoms with van der Waals surface area (Å²) in [4.78, 5) is 22.7. The molecule has 0 unspecified atom stereocenters. The number of nitrogens with zero attached hydrogens (tertiary/aromatic N) is 1. The highest BCUT2D eigenvalue weighted by Crippen LogP contribution is 2.38. The number of benzene rings is 3. The average molecular weight is 473 g/mol. The van der Waals surface area contributed by atoms with E-state index in [0.717, 1.165) is 48.5 Å². The molecule has 0 spiro atoms.